The van der Waals surface area contributed by atoms with Crippen LogP contribution in [0.5, 0.6) is 0 Å². The number of imide groups is 2. The molecule has 0 aromatic heterocycles. The van der Waals surface area contributed by atoms with Gasteiger partial charge in [-0.05, 0) is 41.8 Å². The first-order chi connectivity index (χ1) is 19.3. The summed E-state index contributed by atoms with van der Waals surface area (Å²) in [6.07, 6.45) is -0.907. The SMILES string of the molecule is CC(=O)ON1C(=O)c2cccc3cccc(c23)C1=O.O=C(Nc1ccccc1)ON1C(=O)c2ccccc2C1=O. The third-order valence-corrected chi connectivity index (χ3v) is 5.91. The van der Waals surface area contributed by atoms with Crippen LogP contribution in [-0.4, -0.2) is 45.8 Å². The predicted molar refractivity (Wildman–Crippen MR) is 140 cm³/mol. The predicted octanol–water partition coefficient (Wildman–Crippen LogP) is 4.36. The van der Waals surface area contributed by atoms with Crippen molar-refractivity contribution in [2.24, 2.45) is 0 Å². The Morgan fingerprint density at radius 3 is 1.55 bits per heavy atom. The number of anilines is 1. The number of carbonyl (C=O) groups is 6. The van der Waals surface area contributed by atoms with Crippen molar-refractivity contribution in [3.05, 3.63) is 113 Å². The van der Waals surface area contributed by atoms with Gasteiger partial charge in [0.15, 0.2) is 0 Å². The molecule has 0 radical (unpaired) electrons. The van der Waals surface area contributed by atoms with Crippen molar-refractivity contribution in [1.29, 1.82) is 0 Å². The van der Waals surface area contributed by atoms with Gasteiger partial charge in [-0.3, -0.25) is 24.5 Å². The summed E-state index contributed by atoms with van der Waals surface area (Å²) in [5.74, 6) is -3.26. The molecule has 6 rings (SSSR count). The smallest absolute Gasteiger partial charge is 0.330 e. The Morgan fingerprint density at radius 1 is 0.575 bits per heavy atom. The van der Waals surface area contributed by atoms with Crippen LogP contribution in [0.3, 0.4) is 0 Å². The van der Waals surface area contributed by atoms with Crippen LogP contribution in [0.4, 0.5) is 10.5 Å². The summed E-state index contributed by atoms with van der Waals surface area (Å²) in [5.41, 5.74) is 1.65. The van der Waals surface area contributed by atoms with E-state index in [4.69, 9.17) is 9.68 Å². The lowest BCUT2D eigenvalue weighted by molar-refractivity contribution is -0.166. The molecular formula is C29H19N3O8. The summed E-state index contributed by atoms with van der Waals surface area (Å²) in [6, 6.07) is 25.2. The number of nitrogens with one attached hydrogen (secondary N) is 1. The van der Waals surface area contributed by atoms with E-state index in [-0.39, 0.29) is 11.1 Å². The van der Waals surface area contributed by atoms with Gasteiger partial charge in [0.2, 0.25) is 0 Å². The van der Waals surface area contributed by atoms with Gasteiger partial charge in [-0.25, -0.2) is 9.59 Å². The van der Waals surface area contributed by atoms with E-state index in [1.54, 1.807) is 66.7 Å². The molecule has 0 aliphatic carbocycles. The molecule has 0 saturated heterocycles. The maximum Gasteiger partial charge on any atom is 0.436 e. The van der Waals surface area contributed by atoms with E-state index in [2.05, 4.69) is 5.32 Å². The summed E-state index contributed by atoms with van der Waals surface area (Å²) in [4.78, 5) is 80.6. The van der Waals surface area contributed by atoms with Crippen LogP contribution in [0.1, 0.15) is 48.4 Å². The van der Waals surface area contributed by atoms with E-state index in [1.807, 2.05) is 12.1 Å². The average Bonchev–Trinajstić information content (AvgIpc) is 3.19. The van der Waals surface area contributed by atoms with Crippen LogP contribution in [0.15, 0.2) is 91.0 Å². The fourth-order valence-electron chi connectivity index (χ4n) is 4.22. The number of nitrogens with zero attached hydrogens (tertiary/aromatic N) is 2. The molecule has 0 unspecified atom stereocenters. The van der Waals surface area contributed by atoms with Gasteiger partial charge in [-0.2, -0.15) is 0 Å². The second-order valence-electron chi connectivity index (χ2n) is 8.52. The van der Waals surface area contributed by atoms with E-state index in [0.717, 1.165) is 12.3 Å². The molecule has 11 nitrogen and oxygen atoms in total. The molecule has 0 bridgehead atoms. The zero-order valence-electron chi connectivity index (χ0n) is 20.8. The molecule has 11 heteroatoms. The molecule has 5 amide bonds. The molecule has 2 heterocycles. The Bertz CT molecular complexity index is 1630. The van der Waals surface area contributed by atoms with Gasteiger partial charge >= 0.3 is 12.1 Å². The van der Waals surface area contributed by atoms with Gasteiger partial charge in [-0.1, -0.05) is 64.7 Å². The highest BCUT2D eigenvalue weighted by Crippen LogP contribution is 2.30. The first kappa shape index (κ1) is 25.8. The molecule has 0 spiro atoms. The molecule has 4 aromatic carbocycles. The van der Waals surface area contributed by atoms with Crippen LogP contribution < -0.4 is 5.32 Å². The highest BCUT2D eigenvalue weighted by molar-refractivity contribution is 6.25. The quantitative estimate of drug-likeness (QED) is 0.380. The summed E-state index contributed by atoms with van der Waals surface area (Å²) in [5, 5.41) is 4.81. The molecule has 2 aliphatic heterocycles. The second kappa shape index (κ2) is 10.5. The Kier molecular flexibility index (Phi) is 6.77. The van der Waals surface area contributed by atoms with Crippen molar-refractivity contribution in [3.8, 4) is 0 Å². The van der Waals surface area contributed by atoms with Crippen LogP contribution in [-0.2, 0) is 14.5 Å². The van der Waals surface area contributed by atoms with E-state index >= 15 is 0 Å². The Labute approximate surface area is 226 Å². The van der Waals surface area contributed by atoms with Crippen LogP contribution in [0.2, 0.25) is 0 Å². The first-order valence-electron chi connectivity index (χ1n) is 11.9. The molecule has 0 saturated carbocycles. The lowest BCUT2D eigenvalue weighted by Gasteiger charge is -2.24. The van der Waals surface area contributed by atoms with Gasteiger partial charge in [0.1, 0.15) is 0 Å². The number of fused-ring (bicyclic) bond motifs is 1. The second-order valence-corrected chi connectivity index (χ2v) is 8.52. The lowest BCUT2D eigenvalue weighted by atomic mass is 9.95. The molecule has 0 fully saturated rings. The third kappa shape index (κ3) is 4.74. The zero-order valence-corrected chi connectivity index (χ0v) is 20.8. The summed E-state index contributed by atoms with van der Waals surface area (Å²) in [7, 11) is 0. The first-order valence-corrected chi connectivity index (χ1v) is 11.9. The lowest BCUT2D eigenvalue weighted by Crippen LogP contribution is -2.41. The van der Waals surface area contributed by atoms with Crippen molar-refractivity contribution in [1.82, 2.24) is 10.1 Å². The maximum atomic E-state index is 12.2. The van der Waals surface area contributed by atoms with Crippen molar-refractivity contribution >= 4 is 52.2 Å². The molecule has 1 N–H and O–H groups in total. The van der Waals surface area contributed by atoms with Gasteiger partial charge in [0, 0.05) is 18.0 Å². The monoisotopic (exact) mass is 537 g/mol. The standard InChI is InChI=1S/C15H10N2O4.C14H9NO4/c18-13-11-8-4-5-9-12(11)14(19)17(13)21-15(20)16-10-6-2-1-3-7-10;1-8(16)19-15-13(17)10-6-2-4-9-5-3-7-11(12(9)10)14(15)18/h1-9H,(H,16,20);2-7H,1H3. The van der Waals surface area contributed by atoms with E-state index in [1.165, 1.54) is 12.1 Å². The summed E-state index contributed by atoms with van der Waals surface area (Å²) >= 11 is 0. The number of hydrogen-bond acceptors (Lipinski definition) is 8. The fourth-order valence-corrected chi connectivity index (χ4v) is 4.22. The highest BCUT2D eigenvalue weighted by atomic mass is 16.7. The molecular weight excluding hydrogens is 518 g/mol. The molecule has 2 aliphatic rings. The zero-order chi connectivity index (χ0) is 28.4. The third-order valence-electron chi connectivity index (χ3n) is 5.91. The molecule has 4 aromatic rings. The van der Waals surface area contributed by atoms with Gasteiger partial charge in [0.05, 0.1) is 22.3 Å². The van der Waals surface area contributed by atoms with Gasteiger partial charge in [-0.15, -0.1) is 0 Å². The number of benzene rings is 4. The number of amides is 5. The molecule has 40 heavy (non-hydrogen) atoms. The van der Waals surface area contributed by atoms with Crippen molar-refractivity contribution in [2.75, 3.05) is 5.32 Å². The number of hydroxylamine groups is 4. The molecule has 0 atom stereocenters. The number of para-hydroxylation sites is 1. The maximum absolute atomic E-state index is 12.2. The minimum atomic E-state index is -0.907. The minimum Gasteiger partial charge on any atom is -0.330 e. The number of carbonyl (C=O) groups excluding carboxylic acids is 6. The minimum absolute atomic E-state index is 0.218. The van der Waals surface area contributed by atoms with Crippen molar-refractivity contribution in [2.45, 2.75) is 6.92 Å². The van der Waals surface area contributed by atoms with Crippen LogP contribution in [0, 0.1) is 0 Å². The van der Waals surface area contributed by atoms with E-state index in [0.29, 0.717) is 32.3 Å². The summed E-state index contributed by atoms with van der Waals surface area (Å²) in [6.45, 7) is 1.14. The summed E-state index contributed by atoms with van der Waals surface area (Å²) < 4.78 is 0. The Balaban J connectivity index is 0.000000162. The Morgan fingerprint density at radius 2 is 1.02 bits per heavy atom. The topological polar surface area (TPSA) is 139 Å². The fraction of sp³-hybridized carbons (Fsp3) is 0.0345. The van der Waals surface area contributed by atoms with Crippen LogP contribution >= 0.6 is 0 Å². The van der Waals surface area contributed by atoms with Crippen molar-refractivity contribution < 1.29 is 38.4 Å². The largest absolute Gasteiger partial charge is 0.436 e. The van der Waals surface area contributed by atoms with Gasteiger partial charge in [0.25, 0.3) is 23.6 Å². The van der Waals surface area contributed by atoms with E-state index in [9.17, 15) is 28.8 Å². The van der Waals surface area contributed by atoms with E-state index < -0.39 is 35.7 Å². The number of rotatable bonds is 3. The van der Waals surface area contributed by atoms with Gasteiger partial charge < -0.3 is 9.68 Å². The average molecular weight is 537 g/mol. The Hall–Kier alpha value is -5.84. The van der Waals surface area contributed by atoms with Crippen LogP contribution in [0.25, 0.3) is 10.8 Å². The normalized spacial score (nSPS) is 13.4. The highest BCUT2D eigenvalue weighted by Gasteiger charge is 2.39. The van der Waals surface area contributed by atoms with Crippen molar-refractivity contribution in [3.63, 3.8) is 0 Å². The molecule has 198 valence electrons. The number of hydrogen-bond donors (Lipinski definition) is 1.